The lowest BCUT2D eigenvalue weighted by atomic mass is 9.99. The highest BCUT2D eigenvalue weighted by Crippen LogP contribution is 2.18. The van der Waals surface area contributed by atoms with Gasteiger partial charge in [0, 0.05) is 0 Å². The average Bonchev–Trinajstić information content (AvgIpc) is 2.02. The van der Waals surface area contributed by atoms with Gasteiger partial charge in [-0.15, -0.1) is 0 Å². The smallest absolute Gasteiger partial charge is 0.336 e. The second-order valence-electron chi connectivity index (χ2n) is 3.05. The molecule has 1 N–H and O–H groups in total. The van der Waals surface area contributed by atoms with Gasteiger partial charge in [-0.25, -0.2) is 4.79 Å². The van der Waals surface area contributed by atoms with E-state index in [1.54, 1.807) is 12.1 Å². The van der Waals surface area contributed by atoms with Crippen LogP contribution in [0.3, 0.4) is 0 Å². The summed E-state index contributed by atoms with van der Waals surface area (Å²) in [5.41, 5.74) is 2.94. The van der Waals surface area contributed by atoms with Crippen molar-refractivity contribution in [2.24, 2.45) is 0 Å². The van der Waals surface area contributed by atoms with E-state index >= 15 is 0 Å². The Morgan fingerprint density at radius 1 is 1.46 bits per heavy atom. The van der Waals surface area contributed by atoms with Crippen LogP contribution in [0.1, 0.15) is 27.0 Å². The number of aryl methyl sites for hydroxylation is 2. The van der Waals surface area contributed by atoms with Crippen LogP contribution in [0.25, 0.3) is 6.08 Å². The average molecular weight is 176 g/mol. The van der Waals surface area contributed by atoms with Crippen molar-refractivity contribution in [3.8, 4) is 0 Å². The molecule has 0 aliphatic rings. The van der Waals surface area contributed by atoms with Crippen LogP contribution in [0.4, 0.5) is 0 Å². The van der Waals surface area contributed by atoms with Gasteiger partial charge in [0.25, 0.3) is 0 Å². The van der Waals surface area contributed by atoms with Gasteiger partial charge in [-0.05, 0) is 36.6 Å². The maximum atomic E-state index is 10.8. The summed E-state index contributed by atoms with van der Waals surface area (Å²) in [6.07, 6.45) is 1.58. The van der Waals surface area contributed by atoms with E-state index in [2.05, 4.69) is 6.58 Å². The molecule has 0 unspecified atom stereocenters. The summed E-state index contributed by atoms with van der Waals surface area (Å²) < 4.78 is 0. The van der Waals surface area contributed by atoms with E-state index < -0.39 is 5.97 Å². The van der Waals surface area contributed by atoms with Gasteiger partial charge in [-0.1, -0.05) is 18.7 Å². The Labute approximate surface area is 77.5 Å². The second-order valence-corrected chi connectivity index (χ2v) is 3.05. The molecule has 1 aromatic rings. The number of aromatic carboxylic acids is 1. The molecule has 0 saturated carbocycles. The first-order valence-corrected chi connectivity index (χ1v) is 4.03. The molecule has 0 atom stereocenters. The maximum absolute atomic E-state index is 10.8. The first-order chi connectivity index (χ1) is 6.06. The molecule has 1 rings (SSSR count). The Morgan fingerprint density at radius 2 is 2.08 bits per heavy atom. The highest BCUT2D eigenvalue weighted by atomic mass is 16.4. The van der Waals surface area contributed by atoms with Crippen molar-refractivity contribution in [2.75, 3.05) is 0 Å². The van der Waals surface area contributed by atoms with E-state index in [0.717, 1.165) is 11.1 Å². The fourth-order valence-electron chi connectivity index (χ4n) is 1.43. The summed E-state index contributed by atoms with van der Waals surface area (Å²) in [7, 11) is 0. The summed E-state index contributed by atoms with van der Waals surface area (Å²) in [6.45, 7) is 7.37. The zero-order valence-corrected chi connectivity index (χ0v) is 7.79. The minimum atomic E-state index is -0.901. The SMILES string of the molecule is C=Cc1c(C)cc(C)cc1C(=O)O. The lowest BCUT2D eigenvalue weighted by Crippen LogP contribution is -2.01. The normalized spacial score (nSPS) is 9.69. The predicted octanol–water partition coefficient (Wildman–Crippen LogP) is 2.64. The number of hydrogen-bond donors (Lipinski definition) is 1. The van der Waals surface area contributed by atoms with E-state index in [1.807, 2.05) is 19.9 Å². The maximum Gasteiger partial charge on any atom is 0.336 e. The third kappa shape index (κ3) is 1.78. The number of carboxylic acid groups (broad SMARTS) is 1. The zero-order chi connectivity index (χ0) is 10.0. The van der Waals surface area contributed by atoms with E-state index in [9.17, 15) is 4.79 Å². The molecular formula is C11H12O2. The zero-order valence-electron chi connectivity index (χ0n) is 7.79. The quantitative estimate of drug-likeness (QED) is 0.752. The third-order valence-corrected chi connectivity index (χ3v) is 1.97. The fraction of sp³-hybridized carbons (Fsp3) is 0.182. The molecule has 68 valence electrons. The van der Waals surface area contributed by atoms with E-state index in [-0.39, 0.29) is 0 Å². The van der Waals surface area contributed by atoms with Crippen molar-refractivity contribution in [1.29, 1.82) is 0 Å². The van der Waals surface area contributed by atoms with E-state index in [4.69, 9.17) is 5.11 Å². The number of benzene rings is 1. The van der Waals surface area contributed by atoms with Crippen LogP contribution in [0.5, 0.6) is 0 Å². The molecule has 13 heavy (non-hydrogen) atoms. The number of rotatable bonds is 2. The monoisotopic (exact) mass is 176 g/mol. The van der Waals surface area contributed by atoms with Crippen LogP contribution in [-0.4, -0.2) is 11.1 Å². The van der Waals surface area contributed by atoms with Gasteiger partial charge in [0.1, 0.15) is 0 Å². The molecule has 2 nitrogen and oxygen atoms in total. The lowest BCUT2D eigenvalue weighted by molar-refractivity contribution is 0.0696. The largest absolute Gasteiger partial charge is 0.478 e. The molecule has 0 amide bonds. The highest BCUT2D eigenvalue weighted by molar-refractivity contribution is 5.92. The second kappa shape index (κ2) is 3.44. The first kappa shape index (κ1) is 9.52. The summed E-state index contributed by atoms with van der Waals surface area (Å²) in [4.78, 5) is 10.8. The van der Waals surface area contributed by atoms with Gasteiger partial charge in [-0.3, -0.25) is 0 Å². The fourth-order valence-corrected chi connectivity index (χ4v) is 1.43. The van der Waals surface area contributed by atoms with Crippen molar-refractivity contribution in [2.45, 2.75) is 13.8 Å². The van der Waals surface area contributed by atoms with Crippen LogP contribution >= 0.6 is 0 Å². The standard InChI is InChI=1S/C11H12O2/c1-4-9-8(3)5-7(2)6-10(9)11(12)13/h4-6H,1H2,2-3H3,(H,12,13). The van der Waals surface area contributed by atoms with Gasteiger partial charge >= 0.3 is 5.97 Å². The topological polar surface area (TPSA) is 37.3 Å². The summed E-state index contributed by atoms with van der Waals surface area (Å²) in [5, 5.41) is 8.90. The predicted molar refractivity (Wildman–Crippen MR) is 53.0 cm³/mol. The third-order valence-electron chi connectivity index (χ3n) is 1.97. The van der Waals surface area contributed by atoms with E-state index in [1.165, 1.54) is 0 Å². The van der Waals surface area contributed by atoms with Gasteiger partial charge < -0.3 is 5.11 Å². The van der Waals surface area contributed by atoms with Crippen molar-refractivity contribution < 1.29 is 9.90 Å². The molecule has 0 bridgehead atoms. The lowest BCUT2D eigenvalue weighted by Gasteiger charge is -2.06. The molecule has 0 aromatic heterocycles. The number of carboxylic acids is 1. The number of carbonyl (C=O) groups is 1. The Bertz CT molecular complexity index is 365. The van der Waals surface area contributed by atoms with Crippen LogP contribution in [0.15, 0.2) is 18.7 Å². The summed E-state index contributed by atoms with van der Waals surface area (Å²) in [5.74, 6) is -0.901. The van der Waals surface area contributed by atoms with E-state index in [0.29, 0.717) is 11.1 Å². The van der Waals surface area contributed by atoms with Gasteiger partial charge in [-0.2, -0.15) is 0 Å². The number of hydrogen-bond acceptors (Lipinski definition) is 1. The Kier molecular flexibility index (Phi) is 2.52. The molecular weight excluding hydrogens is 164 g/mol. The Morgan fingerprint density at radius 3 is 2.54 bits per heavy atom. The molecule has 0 saturated heterocycles. The molecule has 0 aliphatic heterocycles. The van der Waals surface area contributed by atoms with Crippen molar-refractivity contribution in [3.05, 3.63) is 41.0 Å². The molecule has 2 heteroatoms. The molecule has 0 heterocycles. The van der Waals surface area contributed by atoms with Crippen molar-refractivity contribution >= 4 is 12.0 Å². The molecule has 0 spiro atoms. The van der Waals surface area contributed by atoms with Crippen molar-refractivity contribution in [3.63, 3.8) is 0 Å². The summed E-state index contributed by atoms with van der Waals surface area (Å²) >= 11 is 0. The minimum absolute atomic E-state index is 0.326. The molecule has 1 aromatic carbocycles. The van der Waals surface area contributed by atoms with Crippen LogP contribution in [0, 0.1) is 13.8 Å². The van der Waals surface area contributed by atoms with Crippen LogP contribution in [0.2, 0.25) is 0 Å². The minimum Gasteiger partial charge on any atom is -0.478 e. The molecule has 0 radical (unpaired) electrons. The molecule has 0 fully saturated rings. The van der Waals surface area contributed by atoms with Gasteiger partial charge in [0.15, 0.2) is 0 Å². The Hall–Kier alpha value is -1.57. The van der Waals surface area contributed by atoms with Crippen LogP contribution < -0.4 is 0 Å². The highest BCUT2D eigenvalue weighted by Gasteiger charge is 2.09. The molecule has 0 aliphatic carbocycles. The first-order valence-electron chi connectivity index (χ1n) is 4.03. The Balaban J connectivity index is 3.46. The van der Waals surface area contributed by atoms with Gasteiger partial charge in [0.2, 0.25) is 0 Å². The van der Waals surface area contributed by atoms with Gasteiger partial charge in [0.05, 0.1) is 5.56 Å². The summed E-state index contributed by atoms with van der Waals surface area (Å²) in [6, 6.07) is 3.61. The van der Waals surface area contributed by atoms with Crippen molar-refractivity contribution in [1.82, 2.24) is 0 Å². The van der Waals surface area contributed by atoms with Crippen LogP contribution in [-0.2, 0) is 0 Å².